The quantitative estimate of drug-likeness (QED) is 0.535. The van der Waals surface area contributed by atoms with Crippen molar-refractivity contribution in [2.75, 3.05) is 17.9 Å². The van der Waals surface area contributed by atoms with Crippen LogP contribution in [-0.4, -0.2) is 33.4 Å². The van der Waals surface area contributed by atoms with Crippen molar-refractivity contribution in [2.45, 2.75) is 11.8 Å². The molecule has 0 saturated carbocycles. The highest BCUT2D eigenvalue weighted by Crippen LogP contribution is 2.21. The Bertz CT molecular complexity index is 937. The minimum absolute atomic E-state index is 0.0403. The van der Waals surface area contributed by atoms with E-state index in [1.54, 1.807) is 25.1 Å². The molecular weight excluding hydrogens is 368 g/mol. The van der Waals surface area contributed by atoms with Crippen LogP contribution in [0, 0.1) is 0 Å². The van der Waals surface area contributed by atoms with Crippen LogP contribution in [-0.2, 0) is 14.8 Å². The molecule has 1 amide bonds. The predicted molar refractivity (Wildman–Crippen MR) is 102 cm³/mol. The van der Waals surface area contributed by atoms with Gasteiger partial charge in [0.25, 0.3) is 15.9 Å². The van der Waals surface area contributed by atoms with Crippen molar-refractivity contribution in [1.82, 2.24) is 5.32 Å². The van der Waals surface area contributed by atoms with E-state index in [-0.39, 0.29) is 28.7 Å². The summed E-state index contributed by atoms with van der Waals surface area (Å²) in [6.45, 7) is 5.66. The van der Waals surface area contributed by atoms with Crippen LogP contribution in [0.4, 0.5) is 5.69 Å². The Morgan fingerprint density at radius 2 is 1.78 bits per heavy atom. The fraction of sp³-hybridized carbons (Fsp3) is 0.158. The molecule has 0 fully saturated rings. The second-order valence-electron chi connectivity index (χ2n) is 5.39. The number of para-hydroxylation sites is 1. The van der Waals surface area contributed by atoms with E-state index >= 15 is 0 Å². The number of ether oxygens (including phenoxy) is 1. The van der Waals surface area contributed by atoms with Crippen LogP contribution >= 0.6 is 0 Å². The third kappa shape index (κ3) is 5.18. The first-order valence-corrected chi connectivity index (χ1v) is 9.65. The zero-order valence-electron chi connectivity index (χ0n) is 14.8. The number of nitrogens with one attached hydrogen (secondary N) is 2. The Kier molecular flexibility index (Phi) is 6.73. The molecule has 0 atom stereocenters. The number of esters is 1. The smallest absolute Gasteiger partial charge is 0.340 e. The highest BCUT2D eigenvalue weighted by atomic mass is 32.2. The van der Waals surface area contributed by atoms with Crippen molar-refractivity contribution in [3.05, 3.63) is 72.3 Å². The van der Waals surface area contributed by atoms with Gasteiger partial charge in [0.15, 0.2) is 0 Å². The van der Waals surface area contributed by atoms with Crippen LogP contribution in [0.5, 0.6) is 0 Å². The van der Waals surface area contributed by atoms with Crippen LogP contribution in [0.2, 0.25) is 0 Å². The molecular formula is C19H20N2O5S. The van der Waals surface area contributed by atoms with Crippen molar-refractivity contribution >= 4 is 27.6 Å². The third-order valence-electron chi connectivity index (χ3n) is 3.50. The molecule has 0 bridgehead atoms. The number of sulfonamides is 1. The Morgan fingerprint density at radius 1 is 1.11 bits per heavy atom. The number of amides is 1. The maximum absolute atomic E-state index is 12.6. The van der Waals surface area contributed by atoms with Gasteiger partial charge in [-0.3, -0.25) is 9.52 Å². The van der Waals surface area contributed by atoms with E-state index in [0.717, 1.165) is 0 Å². The lowest BCUT2D eigenvalue weighted by atomic mass is 10.2. The van der Waals surface area contributed by atoms with Crippen LogP contribution in [0.3, 0.4) is 0 Å². The summed E-state index contributed by atoms with van der Waals surface area (Å²) in [4.78, 5) is 23.8. The number of benzene rings is 2. The van der Waals surface area contributed by atoms with Gasteiger partial charge in [0.2, 0.25) is 0 Å². The Hall–Kier alpha value is -3.13. The second kappa shape index (κ2) is 9.00. The van der Waals surface area contributed by atoms with Crippen LogP contribution in [0.1, 0.15) is 27.6 Å². The molecule has 0 saturated heterocycles. The van der Waals surface area contributed by atoms with Gasteiger partial charge >= 0.3 is 5.97 Å². The molecule has 0 heterocycles. The topological polar surface area (TPSA) is 102 Å². The Labute approximate surface area is 158 Å². The Balaban J connectivity index is 2.24. The molecule has 0 spiro atoms. The number of carbonyl (C=O) groups is 2. The summed E-state index contributed by atoms with van der Waals surface area (Å²) >= 11 is 0. The molecule has 0 aliphatic carbocycles. The van der Waals surface area contributed by atoms with E-state index in [9.17, 15) is 18.0 Å². The fourth-order valence-electron chi connectivity index (χ4n) is 2.22. The van der Waals surface area contributed by atoms with E-state index in [0.29, 0.717) is 12.1 Å². The maximum Gasteiger partial charge on any atom is 0.340 e. The Morgan fingerprint density at radius 3 is 2.41 bits per heavy atom. The molecule has 0 aliphatic rings. The summed E-state index contributed by atoms with van der Waals surface area (Å²) in [5.74, 6) is -0.954. The molecule has 7 nitrogen and oxygen atoms in total. The van der Waals surface area contributed by atoms with Crippen molar-refractivity contribution in [2.24, 2.45) is 0 Å². The van der Waals surface area contributed by atoms with E-state index in [1.807, 2.05) is 0 Å². The summed E-state index contributed by atoms with van der Waals surface area (Å²) in [6, 6.07) is 11.6. The molecule has 2 rings (SSSR count). The van der Waals surface area contributed by atoms with Crippen molar-refractivity contribution < 1.29 is 22.7 Å². The molecule has 0 aromatic heterocycles. The fourth-order valence-corrected chi connectivity index (χ4v) is 3.29. The summed E-state index contributed by atoms with van der Waals surface area (Å²) in [5, 5.41) is 2.61. The highest BCUT2D eigenvalue weighted by Gasteiger charge is 2.19. The molecule has 2 aromatic carbocycles. The molecule has 2 N–H and O–H groups in total. The van der Waals surface area contributed by atoms with E-state index < -0.39 is 16.0 Å². The van der Waals surface area contributed by atoms with Gasteiger partial charge in [-0.05, 0) is 43.3 Å². The molecule has 8 heteroatoms. The van der Waals surface area contributed by atoms with Crippen molar-refractivity contribution in [3.8, 4) is 0 Å². The SMILES string of the molecule is C=CCNC(=O)c1ccc(S(=O)(=O)Nc2ccccc2C(=O)OCC)cc1. The van der Waals surface area contributed by atoms with E-state index in [2.05, 4.69) is 16.6 Å². The van der Waals surface area contributed by atoms with E-state index in [4.69, 9.17) is 4.74 Å². The summed E-state index contributed by atoms with van der Waals surface area (Å²) in [7, 11) is -3.95. The highest BCUT2D eigenvalue weighted by molar-refractivity contribution is 7.92. The summed E-state index contributed by atoms with van der Waals surface area (Å²) in [6.07, 6.45) is 1.54. The minimum Gasteiger partial charge on any atom is -0.462 e. The van der Waals surface area contributed by atoms with Gasteiger partial charge in [0.05, 0.1) is 22.8 Å². The largest absolute Gasteiger partial charge is 0.462 e. The second-order valence-corrected chi connectivity index (χ2v) is 7.08. The molecule has 142 valence electrons. The van der Waals surface area contributed by atoms with Gasteiger partial charge in [-0.2, -0.15) is 0 Å². The van der Waals surface area contributed by atoms with Crippen LogP contribution in [0.15, 0.2) is 66.1 Å². The van der Waals surface area contributed by atoms with E-state index in [1.165, 1.54) is 36.4 Å². The lowest BCUT2D eigenvalue weighted by Crippen LogP contribution is -2.23. The normalized spacial score (nSPS) is 10.7. The van der Waals surface area contributed by atoms with Gasteiger partial charge in [0.1, 0.15) is 0 Å². The first-order chi connectivity index (χ1) is 12.9. The number of rotatable bonds is 8. The van der Waals surface area contributed by atoms with Gasteiger partial charge in [0, 0.05) is 12.1 Å². The average Bonchev–Trinajstić information content (AvgIpc) is 2.66. The molecule has 27 heavy (non-hydrogen) atoms. The zero-order valence-corrected chi connectivity index (χ0v) is 15.6. The first-order valence-electron chi connectivity index (χ1n) is 8.17. The van der Waals surface area contributed by atoms with Gasteiger partial charge in [-0.15, -0.1) is 6.58 Å². The van der Waals surface area contributed by atoms with Crippen molar-refractivity contribution in [3.63, 3.8) is 0 Å². The molecule has 2 aromatic rings. The number of hydrogen-bond donors (Lipinski definition) is 2. The molecule has 0 aliphatic heterocycles. The van der Waals surface area contributed by atoms with Gasteiger partial charge in [-0.1, -0.05) is 18.2 Å². The number of hydrogen-bond acceptors (Lipinski definition) is 5. The number of anilines is 1. The summed E-state index contributed by atoms with van der Waals surface area (Å²) in [5.41, 5.74) is 0.551. The third-order valence-corrected chi connectivity index (χ3v) is 4.88. The maximum atomic E-state index is 12.6. The standard InChI is InChI=1S/C19H20N2O5S/c1-3-13-20-18(22)14-9-11-15(12-10-14)27(24,25)21-17-8-6-5-7-16(17)19(23)26-4-2/h3,5-12,21H,1,4,13H2,2H3,(H,20,22). The van der Waals surface area contributed by atoms with Crippen molar-refractivity contribution in [1.29, 1.82) is 0 Å². The lowest BCUT2D eigenvalue weighted by molar-refractivity contribution is 0.0527. The minimum atomic E-state index is -3.95. The van der Waals surface area contributed by atoms with Crippen LogP contribution in [0.25, 0.3) is 0 Å². The zero-order chi connectivity index (χ0) is 19.9. The van der Waals surface area contributed by atoms with Gasteiger partial charge < -0.3 is 10.1 Å². The molecule has 0 radical (unpaired) electrons. The van der Waals surface area contributed by atoms with Crippen LogP contribution < -0.4 is 10.0 Å². The molecule has 0 unspecified atom stereocenters. The summed E-state index contributed by atoms with van der Waals surface area (Å²) < 4.78 is 32.5. The monoisotopic (exact) mass is 388 g/mol. The lowest BCUT2D eigenvalue weighted by Gasteiger charge is -2.12. The first kappa shape index (κ1) is 20.2. The average molecular weight is 388 g/mol. The number of carbonyl (C=O) groups excluding carboxylic acids is 2. The predicted octanol–water partition coefficient (Wildman–Crippen LogP) is 2.58. The van der Waals surface area contributed by atoms with Gasteiger partial charge in [-0.25, -0.2) is 13.2 Å².